The molecule has 3 aromatic rings. The van der Waals surface area contributed by atoms with Gasteiger partial charge in [0.2, 0.25) is 5.75 Å². The molecule has 10 heteroatoms. The van der Waals surface area contributed by atoms with Crippen molar-refractivity contribution >= 4 is 29.5 Å². The Kier molecular flexibility index (Phi) is 5.32. The molecule has 31 heavy (non-hydrogen) atoms. The molecule has 1 fully saturated rings. The third-order valence-corrected chi connectivity index (χ3v) is 5.89. The zero-order valence-corrected chi connectivity index (χ0v) is 17.6. The number of halogens is 1. The Morgan fingerprint density at radius 1 is 1.29 bits per heavy atom. The minimum atomic E-state index is -1.67. The molecule has 1 saturated heterocycles. The smallest absolute Gasteiger partial charge is 0.504 e. The van der Waals surface area contributed by atoms with E-state index in [0.717, 1.165) is 30.5 Å². The predicted octanol–water partition coefficient (Wildman–Crippen LogP) is 2.86. The summed E-state index contributed by atoms with van der Waals surface area (Å²) in [4.78, 5) is 28.3. The SMILES string of the molecule is Cl.Cn1c(CN2CCC2)cc2cc3c(cc21)OCCc1c-3[nH]c(=O)c(OC(=O)O)c1O. The molecule has 0 atom stereocenters. The number of aryl methyl sites for hydroxylation is 1. The number of fused-ring (bicyclic) bond motifs is 4. The molecule has 2 aromatic heterocycles. The van der Waals surface area contributed by atoms with Crippen LogP contribution in [0.2, 0.25) is 0 Å². The largest absolute Gasteiger partial charge is 0.511 e. The van der Waals surface area contributed by atoms with E-state index in [1.807, 2.05) is 19.2 Å². The van der Waals surface area contributed by atoms with Gasteiger partial charge in [-0.25, -0.2) is 4.79 Å². The number of aromatic hydroxyl groups is 1. The quantitative estimate of drug-likeness (QED) is 0.528. The van der Waals surface area contributed by atoms with Crippen molar-refractivity contribution in [3.05, 3.63) is 39.8 Å². The predicted molar refractivity (Wildman–Crippen MR) is 116 cm³/mol. The highest BCUT2D eigenvalue weighted by molar-refractivity contribution is 5.90. The molecule has 1 aromatic carbocycles. The zero-order valence-electron chi connectivity index (χ0n) is 16.8. The van der Waals surface area contributed by atoms with Crippen LogP contribution in [-0.4, -0.2) is 50.5 Å². The molecular weight excluding hydrogens is 426 g/mol. The van der Waals surface area contributed by atoms with Crippen molar-refractivity contribution in [3.8, 4) is 28.5 Å². The normalized spacial score (nSPS) is 15.1. The van der Waals surface area contributed by atoms with Crippen LogP contribution in [0.1, 0.15) is 17.7 Å². The van der Waals surface area contributed by atoms with Crippen LogP contribution in [0.25, 0.3) is 22.2 Å². The number of carboxylic acid groups (broad SMARTS) is 1. The molecule has 0 radical (unpaired) electrons. The number of aromatic nitrogens is 2. The Labute approximate surface area is 183 Å². The van der Waals surface area contributed by atoms with Gasteiger partial charge in [0.1, 0.15) is 5.75 Å². The molecule has 2 aliphatic rings. The maximum absolute atomic E-state index is 12.4. The van der Waals surface area contributed by atoms with Crippen molar-refractivity contribution in [1.82, 2.24) is 14.5 Å². The highest BCUT2D eigenvalue weighted by atomic mass is 35.5. The van der Waals surface area contributed by atoms with E-state index >= 15 is 0 Å². The molecule has 0 unspecified atom stereocenters. The van der Waals surface area contributed by atoms with Crippen molar-refractivity contribution in [3.63, 3.8) is 0 Å². The van der Waals surface area contributed by atoms with Crippen LogP contribution in [0.15, 0.2) is 23.0 Å². The van der Waals surface area contributed by atoms with Gasteiger partial charge in [0, 0.05) is 48.3 Å². The molecule has 0 saturated carbocycles. The summed E-state index contributed by atoms with van der Waals surface area (Å²) in [6, 6.07) is 6.00. The maximum atomic E-state index is 12.4. The number of likely N-dealkylation sites (tertiary alicyclic amines) is 1. The second-order valence-corrected chi connectivity index (χ2v) is 7.68. The fraction of sp³-hybridized carbons (Fsp3) is 0.333. The average Bonchev–Trinajstić information content (AvgIpc) is 2.85. The van der Waals surface area contributed by atoms with E-state index in [9.17, 15) is 14.7 Å². The van der Waals surface area contributed by atoms with Gasteiger partial charge >= 0.3 is 6.16 Å². The number of hydrogen-bond acceptors (Lipinski definition) is 6. The molecule has 0 aliphatic carbocycles. The first-order chi connectivity index (χ1) is 14.4. The Morgan fingerprint density at radius 2 is 2.06 bits per heavy atom. The molecule has 0 spiro atoms. The first-order valence-electron chi connectivity index (χ1n) is 9.79. The van der Waals surface area contributed by atoms with E-state index in [1.54, 1.807) is 0 Å². The molecule has 164 valence electrons. The van der Waals surface area contributed by atoms with Gasteiger partial charge in [-0.1, -0.05) is 0 Å². The van der Waals surface area contributed by atoms with Crippen molar-refractivity contribution in [2.45, 2.75) is 19.4 Å². The van der Waals surface area contributed by atoms with Crippen LogP contribution in [0, 0.1) is 0 Å². The van der Waals surface area contributed by atoms with Crippen LogP contribution in [0.4, 0.5) is 4.79 Å². The second-order valence-electron chi connectivity index (χ2n) is 7.68. The number of rotatable bonds is 3. The van der Waals surface area contributed by atoms with Gasteiger partial charge in [-0.05, 0) is 31.6 Å². The first kappa shape index (κ1) is 21.1. The number of nitrogens with one attached hydrogen (secondary N) is 1. The minimum absolute atomic E-state index is 0. The molecule has 0 bridgehead atoms. The number of pyridine rings is 1. The zero-order chi connectivity index (χ0) is 21.0. The molecule has 4 heterocycles. The van der Waals surface area contributed by atoms with Crippen molar-refractivity contribution in [2.75, 3.05) is 19.7 Å². The third-order valence-electron chi connectivity index (χ3n) is 5.89. The number of H-pyrrole nitrogens is 1. The van der Waals surface area contributed by atoms with Crippen LogP contribution in [0.3, 0.4) is 0 Å². The number of ether oxygens (including phenoxy) is 2. The highest BCUT2D eigenvalue weighted by Gasteiger charge is 2.26. The number of nitrogens with zero attached hydrogens (tertiary/aromatic N) is 2. The molecule has 3 N–H and O–H groups in total. The molecular formula is C21H22ClN3O6. The Balaban J connectivity index is 0.00000231. The highest BCUT2D eigenvalue weighted by Crippen LogP contribution is 2.42. The monoisotopic (exact) mass is 447 g/mol. The van der Waals surface area contributed by atoms with E-state index in [4.69, 9.17) is 9.84 Å². The van der Waals surface area contributed by atoms with E-state index in [0.29, 0.717) is 29.0 Å². The van der Waals surface area contributed by atoms with Crippen LogP contribution < -0.4 is 15.0 Å². The summed E-state index contributed by atoms with van der Waals surface area (Å²) in [6.07, 6.45) is -0.145. The summed E-state index contributed by atoms with van der Waals surface area (Å²) >= 11 is 0. The fourth-order valence-corrected chi connectivity index (χ4v) is 4.19. The summed E-state index contributed by atoms with van der Waals surface area (Å²) in [7, 11) is 2.03. The van der Waals surface area contributed by atoms with Gasteiger partial charge in [0.05, 0.1) is 17.8 Å². The fourth-order valence-electron chi connectivity index (χ4n) is 4.19. The van der Waals surface area contributed by atoms with Gasteiger partial charge in [-0.2, -0.15) is 0 Å². The van der Waals surface area contributed by atoms with Gasteiger partial charge in [0.15, 0.2) is 5.75 Å². The Hall–Kier alpha value is -3.17. The third kappa shape index (κ3) is 3.49. The Morgan fingerprint density at radius 3 is 2.74 bits per heavy atom. The number of aromatic amines is 1. The molecule has 2 aliphatic heterocycles. The van der Waals surface area contributed by atoms with Gasteiger partial charge in [0.25, 0.3) is 5.56 Å². The van der Waals surface area contributed by atoms with Crippen molar-refractivity contribution < 1.29 is 24.5 Å². The summed E-state index contributed by atoms with van der Waals surface area (Å²) in [5.41, 5.74) is 2.84. The lowest BCUT2D eigenvalue weighted by Gasteiger charge is -2.30. The van der Waals surface area contributed by atoms with Gasteiger partial charge < -0.3 is 29.2 Å². The lowest BCUT2D eigenvalue weighted by atomic mass is 10.0. The number of hydrogen-bond donors (Lipinski definition) is 3. The standard InChI is InChI=1S/C21H21N3O6.ClH/c1-23-12(10-24-4-2-5-24)7-11-8-14-16(9-15(11)23)29-6-3-13-17(14)22-20(26)19(18(13)25)30-21(27)28;/h7-9H,2-6,10H2,1H3,(H,27,28)(H2,22,25,26);1H. The van der Waals surface area contributed by atoms with Crippen molar-refractivity contribution in [2.24, 2.45) is 7.05 Å². The van der Waals surface area contributed by atoms with Crippen LogP contribution >= 0.6 is 12.4 Å². The van der Waals surface area contributed by atoms with E-state index in [-0.39, 0.29) is 19.0 Å². The topological polar surface area (TPSA) is 117 Å². The lowest BCUT2D eigenvalue weighted by Crippen LogP contribution is -2.36. The molecule has 5 rings (SSSR count). The number of benzene rings is 1. The van der Waals surface area contributed by atoms with Gasteiger partial charge in [-0.3, -0.25) is 9.69 Å². The van der Waals surface area contributed by atoms with E-state index in [2.05, 4.69) is 25.3 Å². The van der Waals surface area contributed by atoms with Crippen LogP contribution in [-0.2, 0) is 20.0 Å². The maximum Gasteiger partial charge on any atom is 0.511 e. The molecule has 9 nitrogen and oxygen atoms in total. The van der Waals surface area contributed by atoms with E-state index in [1.165, 1.54) is 12.1 Å². The van der Waals surface area contributed by atoms with E-state index < -0.39 is 23.2 Å². The minimum Gasteiger partial charge on any atom is -0.504 e. The second kappa shape index (κ2) is 7.82. The van der Waals surface area contributed by atoms with Crippen LogP contribution in [0.5, 0.6) is 17.2 Å². The summed E-state index contributed by atoms with van der Waals surface area (Å²) in [5.74, 6) is -0.499. The van der Waals surface area contributed by atoms with Gasteiger partial charge in [-0.15, -0.1) is 12.4 Å². The average molecular weight is 448 g/mol. The summed E-state index contributed by atoms with van der Waals surface area (Å²) in [5, 5.41) is 20.4. The summed E-state index contributed by atoms with van der Waals surface area (Å²) in [6.45, 7) is 3.36. The lowest BCUT2D eigenvalue weighted by molar-refractivity contribution is 0.142. The van der Waals surface area contributed by atoms with Crippen molar-refractivity contribution in [1.29, 1.82) is 0 Å². The molecule has 0 amide bonds. The Bertz CT molecular complexity index is 1240. The summed E-state index contributed by atoms with van der Waals surface area (Å²) < 4.78 is 12.6. The number of carbonyl (C=O) groups is 1. The first-order valence-corrected chi connectivity index (χ1v) is 9.79.